The molecule has 1 aliphatic rings. The fraction of sp³-hybridized carbons (Fsp3) is 0.238. The van der Waals surface area contributed by atoms with E-state index < -0.39 is 35.5 Å². The fourth-order valence-electron chi connectivity index (χ4n) is 3.48. The summed E-state index contributed by atoms with van der Waals surface area (Å²) in [6, 6.07) is 8.59. The number of alkyl halides is 3. The van der Waals surface area contributed by atoms with Crippen molar-refractivity contribution in [3.8, 4) is 10.6 Å². The van der Waals surface area contributed by atoms with Crippen LogP contribution in [-0.4, -0.2) is 39.6 Å². The monoisotopic (exact) mass is 479 g/mol. The lowest BCUT2D eigenvalue weighted by Crippen LogP contribution is -2.45. The van der Waals surface area contributed by atoms with Crippen LogP contribution in [-0.2, 0) is 11.0 Å². The van der Waals surface area contributed by atoms with Crippen molar-refractivity contribution in [1.29, 1.82) is 0 Å². The third-order valence-corrected chi connectivity index (χ3v) is 5.92. The van der Waals surface area contributed by atoms with Gasteiger partial charge in [-0.25, -0.2) is 9.18 Å². The van der Waals surface area contributed by atoms with Crippen LogP contribution < -0.4 is 10.6 Å². The van der Waals surface area contributed by atoms with E-state index in [2.05, 4.69) is 20.8 Å². The molecule has 2 heterocycles. The Morgan fingerprint density at radius 2 is 1.76 bits per heavy atom. The lowest BCUT2D eigenvalue weighted by atomic mass is 10.1. The Morgan fingerprint density at radius 3 is 2.48 bits per heavy atom. The van der Waals surface area contributed by atoms with Gasteiger partial charge in [0.05, 0.1) is 11.3 Å². The van der Waals surface area contributed by atoms with E-state index in [4.69, 9.17) is 0 Å². The van der Waals surface area contributed by atoms with E-state index in [9.17, 15) is 27.2 Å². The lowest BCUT2D eigenvalue weighted by Gasteiger charge is -2.24. The molecule has 7 nitrogen and oxygen atoms in total. The molecule has 0 aliphatic carbocycles. The Bertz CT molecular complexity index is 1170. The molecule has 0 bridgehead atoms. The maximum absolute atomic E-state index is 13.2. The molecule has 0 radical (unpaired) electrons. The summed E-state index contributed by atoms with van der Waals surface area (Å²) in [6.07, 6.45) is -3.76. The van der Waals surface area contributed by atoms with Gasteiger partial charge in [-0.1, -0.05) is 23.5 Å². The number of nitrogens with one attached hydrogen (secondary N) is 2. The minimum atomic E-state index is -4.63. The van der Waals surface area contributed by atoms with Crippen molar-refractivity contribution in [3.63, 3.8) is 0 Å². The van der Waals surface area contributed by atoms with Gasteiger partial charge in [-0.05, 0) is 49.2 Å². The average Bonchev–Trinajstić information content (AvgIpc) is 3.44. The van der Waals surface area contributed by atoms with Crippen LogP contribution in [0.4, 0.5) is 33.2 Å². The maximum atomic E-state index is 13.2. The normalized spacial score (nSPS) is 16.0. The van der Waals surface area contributed by atoms with E-state index in [1.807, 2.05) is 0 Å². The average molecular weight is 479 g/mol. The third kappa shape index (κ3) is 5.11. The van der Waals surface area contributed by atoms with Crippen molar-refractivity contribution in [2.45, 2.75) is 25.1 Å². The first-order valence-corrected chi connectivity index (χ1v) is 10.7. The molecule has 1 fully saturated rings. The Hall–Kier alpha value is -3.54. The second-order valence-corrected chi connectivity index (χ2v) is 8.21. The molecule has 3 aromatic rings. The number of hydrogen-bond donors (Lipinski definition) is 2. The Morgan fingerprint density at radius 1 is 1.03 bits per heavy atom. The minimum absolute atomic E-state index is 0.189. The molecule has 2 aromatic carbocycles. The highest BCUT2D eigenvalue weighted by atomic mass is 32.1. The number of likely N-dealkylation sites (tertiary alicyclic amines) is 1. The molecule has 172 valence electrons. The van der Waals surface area contributed by atoms with Crippen molar-refractivity contribution >= 4 is 34.1 Å². The van der Waals surface area contributed by atoms with Gasteiger partial charge in [0, 0.05) is 12.1 Å². The predicted octanol–water partition coefficient (Wildman–Crippen LogP) is 5.00. The molecule has 3 amide bonds. The van der Waals surface area contributed by atoms with Crippen LogP contribution in [0.1, 0.15) is 18.4 Å². The molecule has 2 N–H and O–H groups in total. The van der Waals surface area contributed by atoms with Gasteiger partial charge in [-0.2, -0.15) is 13.2 Å². The van der Waals surface area contributed by atoms with Gasteiger partial charge in [-0.15, -0.1) is 10.2 Å². The van der Waals surface area contributed by atoms with Gasteiger partial charge in [0.15, 0.2) is 0 Å². The lowest BCUT2D eigenvalue weighted by molar-refractivity contribution is -0.137. The van der Waals surface area contributed by atoms with Crippen LogP contribution in [0.15, 0.2) is 48.5 Å². The largest absolute Gasteiger partial charge is 0.418 e. The molecule has 1 aliphatic heterocycles. The molecule has 12 heteroatoms. The molecule has 0 saturated carbocycles. The van der Waals surface area contributed by atoms with Crippen LogP contribution in [0.25, 0.3) is 10.6 Å². The fourth-order valence-corrected chi connectivity index (χ4v) is 4.23. The SMILES string of the molecule is O=C(Nc1nnc(-c2ccc(F)cc2)s1)C1CCCN1C(=O)Nc1ccccc1C(F)(F)F. The molecule has 4 rings (SSSR count). The van der Waals surface area contributed by atoms with Crippen LogP contribution in [0, 0.1) is 5.82 Å². The van der Waals surface area contributed by atoms with Gasteiger partial charge < -0.3 is 10.2 Å². The number of urea groups is 1. The molecule has 33 heavy (non-hydrogen) atoms. The first kappa shape index (κ1) is 22.6. The summed E-state index contributed by atoms with van der Waals surface area (Å²) in [7, 11) is 0. The molecular weight excluding hydrogens is 462 g/mol. The first-order valence-electron chi connectivity index (χ1n) is 9.86. The highest BCUT2D eigenvalue weighted by Crippen LogP contribution is 2.35. The van der Waals surface area contributed by atoms with Gasteiger partial charge >= 0.3 is 12.2 Å². The number of carbonyl (C=O) groups excluding carboxylic acids is 2. The molecule has 1 saturated heterocycles. The number of rotatable bonds is 4. The number of aromatic nitrogens is 2. The number of anilines is 2. The Kier molecular flexibility index (Phi) is 6.27. The summed E-state index contributed by atoms with van der Waals surface area (Å²) < 4.78 is 52.7. The zero-order valence-electron chi connectivity index (χ0n) is 16.9. The van der Waals surface area contributed by atoms with E-state index >= 15 is 0 Å². The van der Waals surface area contributed by atoms with Gasteiger partial charge in [0.25, 0.3) is 0 Å². The highest BCUT2D eigenvalue weighted by Gasteiger charge is 2.37. The van der Waals surface area contributed by atoms with E-state index in [1.54, 1.807) is 0 Å². The second-order valence-electron chi connectivity index (χ2n) is 7.23. The topological polar surface area (TPSA) is 87.2 Å². The van der Waals surface area contributed by atoms with Gasteiger partial charge in [-0.3, -0.25) is 10.1 Å². The van der Waals surface area contributed by atoms with Crippen molar-refractivity contribution < 1.29 is 27.2 Å². The molecule has 1 aromatic heterocycles. The number of nitrogens with zero attached hydrogens (tertiary/aromatic N) is 3. The minimum Gasteiger partial charge on any atom is -0.312 e. The van der Waals surface area contributed by atoms with Crippen LogP contribution in [0.2, 0.25) is 0 Å². The number of benzene rings is 2. The van der Waals surface area contributed by atoms with E-state index in [1.165, 1.54) is 41.3 Å². The number of halogens is 4. The Labute approximate surface area is 189 Å². The zero-order valence-corrected chi connectivity index (χ0v) is 17.7. The summed E-state index contributed by atoms with van der Waals surface area (Å²) in [5, 5.41) is 13.4. The van der Waals surface area contributed by atoms with Gasteiger partial charge in [0.1, 0.15) is 16.9 Å². The Balaban J connectivity index is 1.44. The highest BCUT2D eigenvalue weighted by molar-refractivity contribution is 7.18. The molecule has 1 atom stereocenters. The predicted molar refractivity (Wildman–Crippen MR) is 114 cm³/mol. The van der Waals surface area contributed by atoms with E-state index in [0.717, 1.165) is 23.5 Å². The van der Waals surface area contributed by atoms with Crippen LogP contribution >= 0.6 is 11.3 Å². The zero-order chi connectivity index (χ0) is 23.6. The summed E-state index contributed by atoms with van der Waals surface area (Å²) >= 11 is 1.08. The van der Waals surface area contributed by atoms with Crippen LogP contribution in [0.5, 0.6) is 0 Å². The molecular formula is C21H17F4N5O2S. The summed E-state index contributed by atoms with van der Waals surface area (Å²) in [5.74, 6) is -0.914. The van der Waals surface area contributed by atoms with Gasteiger partial charge in [0.2, 0.25) is 11.0 Å². The smallest absolute Gasteiger partial charge is 0.312 e. The summed E-state index contributed by atoms with van der Waals surface area (Å²) in [4.78, 5) is 26.7. The van der Waals surface area contributed by atoms with E-state index in [0.29, 0.717) is 23.4 Å². The molecule has 1 unspecified atom stereocenters. The molecule has 0 spiro atoms. The maximum Gasteiger partial charge on any atom is 0.418 e. The third-order valence-electron chi connectivity index (χ3n) is 5.04. The number of amides is 3. The first-order chi connectivity index (χ1) is 15.7. The van der Waals surface area contributed by atoms with Crippen molar-refractivity contribution in [2.75, 3.05) is 17.2 Å². The summed E-state index contributed by atoms with van der Waals surface area (Å²) in [6.45, 7) is 0.217. The second kappa shape index (κ2) is 9.14. The van der Waals surface area contributed by atoms with Crippen molar-refractivity contribution in [3.05, 3.63) is 59.9 Å². The van der Waals surface area contributed by atoms with E-state index in [-0.39, 0.29) is 17.4 Å². The van der Waals surface area contributed by atoms with Crippen LogP contribution in [0.3, 0.4) is 0 Å². The number of para-hydroxylation sites is 1. The number of carbonyl (C=O) groups is 2. The van der Waals surface area contributed by atoms with Crippen molar-refractivity contribution in [1.82, 2.24) is 15.1 Å². The quantitative estimate of drug-likeness (QED) is 0.516. The van der Waals surface area contributed by atoms with Crippen molar-refractivity contribution in [2.24, 2.45) is 0 Å². The number of hydrogen-bond acceptors (Lipinski definition) is 5. The standard InChI is InChI=1S/C21H17F4N5O2S/c22-13-9-7-12(8-10-13)18-28-29-19(33-18)27-17(31)16-6-3-11-30(16)20(32)26-15-5-2-1-4-14(15)21(23,24)25/h1-2,4-5,7-10,16H,3,6,11H2,(H,26,32)(H,27,29,31). The summed E-state index contributed by atoms with van der Waals surface area (Å²) in [5.41, 5.74) is -0.727.